The summed E-state index contributed by atoms with van der Waals surface area (Å²) >= 11 is 3.47. The van der Waals surface area contributed by atoms with Crippen LogP contribution in [0.3, 0.4) is 0 Å². The fourth-order valence-electron chi connectivity index (χ4n) is 2.02. The summed E-state index contributed by atoms with van der Waals surface area (Å²) < 4.78 is 1.05. The largest absolute Gasteiger partial charge is 0.343 e. The predicted octanol–water partition coefficient (Wildman–Crippen LogP) is 3.84. The van der Waals surface area contributed by atoms with Crippen molar-refractivity contribution in [3.63, 3.8) is 0 Å². The standard InChI is InChI=1S/C12H15BrN2/c1-3-5-11-9(4-2)10-6-8(13)7-14-12(10)15-11/h6-7H,3-5H2,1-2H3,(H,14,15). The van der Waals surface area contributed by atoms with Crippen LogP contribution in [0.5, 0.6) is 0 Å². The lowest BCUT2D eigenvalue weighted by Crippen LogP contribution is -1.88. The normalized spacial score (nSPS) is 11.1. The van der Waals surface area contributed by atoms with E-state index < -0.39 is 0 Å². The maximum absolute atomic E-state index is 4.39. The lowest BCUT2D eigenvalue weighted by molar-refractivity contribution is 0.876. The maximum Gasteiger partial charge on any atom is 0.137 e. The third kappa shape index (κ3) is 1.93. The van der Waals surface area contributed by atoms with Crippen molar-refractivity contribution >= 4 is 27.0 Å². The van der Waals surface area contributed by atoms with Gasteiger partial charge in [-0.1, -0.05) is 20.3 Å². The molecule has 2 nitrogen and oxygen atoms in total. The molecule has 2 heterocycles. The molecule has 0 saturated carbocycles. The topological polar surface area (TPSA) is 28.7 Å². The fraction of sp³-hybridized carbons (Fsp3) is 0.417. The van der Waals surface area contributed by atoms with Gasteiger partial charge in [0.25, 0.3) is 0 Å². The Morgan fingerprint density at radius 2 is 2.20 bits per heavy atom. The van der Waals surface area contributed by atoms with E-state index >= 15 is 0 Å². The second-order valence-electron chi connectivity index (χ2n) is 3.74. The molecule has 0 radical (unpaired) electrons. The molecule has 0 saturated heterocycles. The highest BCUT2D eigenvalue weighted by molar-refractivity contribution is 9.10. The highest BCUT2D eigenvalue weighted by atomic mass is 79.9. The number of rotatable bonds is 3. The van der Waals surface area contributed by atoms with Crippen molar-refractivity contribution in [2.75, 3.05) is 0 Å². The second-order valence-corrected chi connectivity index (χ2v) is 4.65. The number of halogens is 1. The summed E-state index contributed by atoms with van der Waals surface area (Å²) in [6.07, 6.45) is 5.18. The Bertz CT molecular complexity index is 474. The summed E-state index contributed by atoms with van der Waals surface area (Å²) in [6.45, 7) is 4.40. The molecule has 0 aliphatic carbocycles. The van der Waals surface area contributed by atoms with Crippen LogP contribution < -0.4 is 0 Å². The van der Waals surface area contributed by atoms with E-state index in [1.54, 1.807) is 0 Å². The van der Waals surface area contributed by atoms with Crippen molar-refractivity contribution in [3.05, 3.63) is 28.0 Å². The number of hydrogen-bond donors (Lipinski definition) is 1. The van der Waals surface area contributed by atoms with Crippen LogP contribution in [0.15, 0.2) is 16.7 Å². The predicted molar refractivity (Wildman–Crippen MR) is 67.2 cm³/mol. The Morgan fingerprint density at radius 3 is 2.87 bits per heavy atom. The number of aryl methyl sites for hydroxylation is 2. The fourth-order valence-corrected chi connectivity index (χ4v) is 2.35. The number of nitrogens with one attached hydrogen (secondary N) is 1. The van der Waals surface area contributed by atoms with Crippen molar-refractivity contribution in [3.8, 4) is 0 Å². The van der Waals surface area contributed by atoms with Gasteiger partial charge in [0.1, 0.15) is 5.65 Å². The van der Waals surface area contributed by atoms with Crippen LogP contribution in [-0.2, 0) is 12.8 Å². The zero-order valence-electron chi connectivity index (χ0n) is 9.10. The van der Waals surface area contributed by atoms with Gasteiger partial charge < -0.3 is 4.98 Å². The molecule has 0 aliphatic heterocycles. The number of aromatic amines is 1. The molecule has 0 amide bonds. The van der Waals surface area contributed by atoms with Gasteiger partial charge in [-0.3, -0.25) is 0 Å². The van der Waals surface area contributed by atoms with Gasteiger partial charge in [0.05, 0.1) is 0 Å². The molecule has 0 atom stereocenters. The quantitative estimate of drug-likeness (QED) is 0.899. The van der Waals surface area contributed by atoms with E-state index in [4.69, 9.17) is 0 Å². The molecule has 0 bridgehead atoms. The Morgan fingerprint density at radius 1 is 1.40 bits per heavy atom. The van der Waals surface area contributed by atoms with Gasteiger partial charge in [0.15, 0.2) is 0 Å². The van der Waals surface area contributed by atoms with Gasteiger partial charge >= 0.3 is 0 Å². The SMILES string of the molecule is CCCc1[nH]c2ncc(Br)cc2c1CC. The van der Waals surface area contributed by atoms with Crippen LogP contribution in [0.1, 0.15) is 31.5 Å². The van der Waals surface area contributed by atoms with E-state index in [2.05, 4.69) is 45.8 Å². The number of aromatic nitrogens is 2. The molecular weight excluding hydrogens is 252 g/mol. The molecule has 0 spiro atoms. The summed E-state index contributed by atoms with van der Waals surface area (Å²) in [4.78, 5) is 7.80. The Kier molecular flexibility index (Phi) is 3.10. The van der Waals surface area contributed by atoms with Crippen LogP contribution in [-0.4, -0.2) is 9.97 Å². The summed E-state index contributed by atoms with van der Waals surface area (Å²) in [5.74, 6) is 0. The first kappa shape index (κ1) is 10.7. The van der Waals surface area contributed by atoms with Crippen molar-refractivity contribution in [1.29, 1.82) is 0 Å². The van der Waals surface area contributed by atoms with E-state index in [-0.39, 0.29) is 0 Å². The lowest BCUT2D eigenvalue weighted by atomic mass is 10.1. The number of H-pyrrole nitrogens is 1. The molecule has 1 N–H and O–H groups in total. The molecule has 2 rings (SSSR count). The molecule has 2 aromatic heterocycles. The Balaban J connectivity index is 2.63. The molecule has 80 valence electrons. The molecule has 0 aliphatic rings. The second kappa shape index (κ2) is 4.35. The Hall–Kier alpha value is -0.830. The number of pyridine rings is 1. The van der Waals surface area contributed by atoms with Crippen LogP contribution in [0.25, 0.3) is 11.0 Å². The van der Waals surface area contributed by atoms with Gasteiger partial charge in [-0.15, -0.1) is 0 Å². The zero-order chi connectivity index (χ0) is 10.8. The van der Waals surface area contributed by atoms with Gasteiger partial charge in [-0.2, -0.15) is 0 Å². The Labute approximate surface area is 98.2 Å². The molecule has 2 aromatic rings. The van der Waals surface area contributed by atoms with E-state index in [0.717, 1.165) is 23.0 Å². The van der Waals surface area contributed by atoms with Gasteiger partial charge in [-0.25, -0.2) is 4.98 Å². The van der Waals surface area contributed by atoms with E-state index in [9.17, 15) is 0 Å². The third-order valence-electron chi connectivity index (χ3n) is 2.67. The maximum atomic E-state index is 4.39. The first-order valence-electron chi connectivity index (χ1n) is 5.41. The van der Waals surface area contributed by atoms with Crippen molar-refractivity contribution in [1.82, 2.24) is 9.97 Å². The average molecular weight is 267 g/mol. The lowest BCUT2D eigenvalue weighted by Gasteiger charge is -1.99. The minimum atomic E-state index is 1.01. The third-order valence-corrected chi connectivity index (χ3v) is 3.10. The minimum absolute atomic E-state index is 1.01. The molecule has 0 unspecified atom stereocenters. The molecule has 0 aromatic carbocycles. The summed E-state index contributed by atoms with van der Waals surface area (Å²) in [6, 6.07) is 2.15. The van der Waals surface area contributed by atoms with Crippen LogP contribution in [0.4, 0.5) is 0 Å². The molecular formula is C12H15BrN2. The van der Waals surface area contributed by atoms with E-state index in [1.807, 2.05) is 6.20 Å². The molecule has 3 heteroatoms. The summed E-state index contributed by atoms with van der Waals surface area (Å²) in [7, 11) is 0. The van der Waals surface area contributed by atoms with Crippen molar-refractivity contribution in [2.24, 2.45) is 0 Å². The van der Waals surface area contributed by atoms with Crippen LogP contribution in [0.2, 0.25) is 0 Å². The van der Waals surface area contributed by atoms with E-state index in [1.165, 1.54) is 23.1 Å². The zero-order valence-corrected chi connectivity index (χ0v) is 10.7. The smallest absolute Gasteiger partial charge is 0.137 e. The first-order valence-corrected chi connectivity index (χ1v) is 6.20. The van der Waals surface area contributed by atoms with Gasteiger partial charge in [-0.05, 0) is 40.4 Å². The van der Waals surface area contributed by atoms with Crippen LogP contribution in [0, 0.1) is 0 Å². The minimum Gasteiger partial charge on any atom is -0.343 e. The van der Waals surface area contributed by atoms with Crippen molar-refractivity contribution in [2.45, 2.75) is 33.1 Å². The number of hydrogen-bond acceptors (Lipinski definition) is 1. The van der Waals surface area contributed by atoms with E-state index in [0.29, 0.717) is 0 Å². The van der Waals surface area contributed by atoms with Crippen molar-refractivity contribution < 1.29 is 0 Å². The van der Waals surface area contributed by atoms with Crippen LogP contribution >= 0.6 is 15.9 Å². The summed E-state index contributed by atoms with van der Waals surface area (Å²) in [5.41, 5.74) is 3.78. The van der Waals surface area contributed by atoms with Gasteiger partial charge in [0.2, 0.25) is 0 Å². The highest BCUT2D eigenvalue weighted by Gasteiger charge is 2.09. The highest BCUT2D eigenvalue weighted by Crippen LogP contribution is 2.25. The molecule has 15 heavy (non-hydrogen) atoms. The molecule has 0 fully saturated rings. The van der Waals surface area contributed by atoms with Gasteiger partial charge in [0, 0.05) is 21.7 Å². The summed E-state index contributed by atoms with van der Waals surface area (Å²) in [5, 5.41) is 1.26. The monoisotopic (exact) mass is 266 g/mol. The number of fused-ring (bicyclic) bond motifs is 1. The number of nitrogens with zero attached hydrogens (tertiary/aromatic N) is 1. The first-order chi connectivity index (χ1) is 7.26. The average Bonchev–Trinajstić information content (AvgIpc) is 2.55.